The van der Waals surface area contributed by atoms with Crippen LogP contribution in [0, 0.1) is 5.41 Å². The lowest BCUT2D eigenvalue weighted by molar-refractivity contribution is -0.155. The van der Waals surface area contributed by atoms with E-state index < -0.39 is 78.1 Å². The first kappa shape index (κ1) is 73.8. The maximum atomic E-state index is 13.4. The molecular formula is C73H81N5O18. The van der Waals surface area contributed by atoms with Gasteiger partial charge in [-0.05, 0) is 167 Å². The van der Waals surface area contributed by atoms with Gasteiger partial charge in [-0.1, -0.05) is 112 Å². The third-order valence-corrected chi connectivity index (χ3v) is 14.2. The first-order valence-corrected chi connectivity index (χ1v) is 30.8. The molecule has 23 heteroatoms. The van der Waals surface area contributed by atoms with Crippen molar-refractivity contribution in [2.75, 3.05) is 66.2 Å². The first-order valence-electron chi connectivity index (χ1n) is 30.8. The quantitative estimate of drug-likeness (QED) is 0.0149. The van der Waals surface area contributed by atoms with Crippen LogP contribution < -0.4 is 26.6 Å². The van der Waals surface area contributed by atoms with Crippen molar-refractivity contribution in [2.45, 2.75) is 98.9 Å². The van der Waals surface area contributed by atoms with E-state index in [9.17, 15) is 43.2 Å². The summed E-state index contributed by atoms with van der Waals surface area (Å²) in [5, 5.41) is 13.5. The number of carbonyl (C=O) groups is 9. The van der Waals surface area contributed by atoms with Crippen molar-refractivity contribution >= 4 is 82.8 Å². The lowest BCUT2D eigenvalue weighted by atomic mass is 9.88. The Morgan fingerprint density at radius 3 is 0.823 bits per heavy atom. The molecule has 0 saturated heterocycles. The summed E-state index contributed by atoms with van der Waals surface area (Å²) in [6.45, 7) is 20.4. The second-order valence-corrected chi connectivity index (χ2v) is 23.1. The third kappa shape index (κ3) is 26.4. The maximum absolute atomic E-state index is 13.4. The highest BCUT2D eigenvalue weighted by atomic mass is 16.6. The molecule has 0 aliphatic rings. The molecule has 6 aromatic carbocycles. The zero-order chi connectivity index (χ0) is 69.7. The molecule has 96 heavy (non-hydrogen) atoms. The Hall–Kier alpha value is -11.2. The molecule has 0 heterocycles. The number of hydrogen-bond acceptors (Lipinski definition) is 18. The van der Waals surface area contributed by atoms with Crippen molar-refractivity contribution in [3.8, 4) is 0 Å². The molecule has 0 saturated carbocycles. The van der Waals surface area contributed by atoms with Gasteiger partial charge >= 0.3 is 54.3 Å². The summed E-state index contributed by atoms with van der Waals surface area (Å²) in [5.74, 6) is -2.18. The standard InChI is InChI=1S/C73H81N5O18/c1-11-73(43-91-68(83)74-59-26-16-53(17-27-59)36-52-12-14-58(15-13-52)39-64(79)94-49(8)40-88-65(80)46(2)3,44-92-69(84)75-60-28-18-54(19-29-60)37-56-22-32-62(33-23-56)77-71(86)95-50(9)41-89-66(81)47(4)5)45-93-70(85)76-61-30-20-55(21-31-61)38-57-24-34-63(35-25-57)78-72(87)96-51(10)42-90-67(82)48(6)7/h12-35,49-51H,2,4,6,11,36-45H2,1,3,5,7-10H3,(H,74,83)(H,75,84)(H,76,85)(H,77,86)(H,78,87). The van der Waals surface area contributed by atoms with E-state index in [1.54, 1.807) is 88.4 Å². The van der Waals surface area contributed by atoms with Gasteiger partial charge in [-0.3, -0.25) is 31.4 Å². The van der Waals surface area contributed by atoms with Crippen LogP contribution in [0.3, 0.4) is 0 Å². The van der Waals surface area contributed by atoms with E-state index in [0.717, 1.165) is 38.9 Å². The van der Waals surface area contributed by atoms with Crippen LogP contribution in [0.5, 0.6) is 0 Å². The van der Waals surface area contributed by atoms with Crippen molar-refractivity contribution in [1.29, 1.82) is 0 Å². The van der Waals surface area contributed by atoms with Gasteiger partial charge in [-0.2, -0.15) is 0 Å². The molecule has 6 aromatic rings. The second kappa shape index (κ2) is 36.9. The molecule has 3 atom stereocenters. The number of anilines is 5. The Balaban J connectivity index is 1.02. The number of rotatable bonds is 32. The van der Waals surface area contributed by atoms with Crippen LogP contribution in [-0.2, 0) is 87.5 Å². The number of hydrogen-bond donors (Lipinski definition) is 5. The Labute approximate surface area is 557 Å². The largest absolute Gasteiger partial charge is 0.459 e. The Bertz CT molecular complexity index is 3300. The summed E-state index contributed by atoms with van der Waals surface area (Å²) in [6, 6.07) is 43.0. The molecule has 0 aromatic heterocycles. The molecule has 23 nitrogen and oxygen atoms in total. The van der Waals surface area contributed by atoms with Crippen LogP contribution in [0.1, 0.15) is 93.8 Å². The van der Waals surface area contributed by atoms with Gasteiger partial charge < -0.3 is 42.6 Å². The molecule has 0 fully saturated rings. The van der Waals surface area contributed by atoms with Gasteiger partial charge in [0, 0.05) is 45.2 Å². The Kier molecular flexibility index (Phi) is 28.3. The van der Waals surface area contributed by atoms with Crippen molar-refractivity contribution < 1.29 is 85.8 Å². The zero-order valence-electron chi connectivity index (χ0n) is 54.8. The van der Waals surface area contributed by atoms with Crippen LogP contribution in [0.25, 0.3) is 0 Å². The highest BCUT2D eigenvalue weighted by molar-refractivity contribution is 5.89. The van der Waals surface area contributed by atoms with Crippen molar-refractivity contribution in [2.24, 2.45) is 5.41 Å². The number of amides is 5. The van der Waals surface area contributed by atoms with E-state index in [1.165, 1.54) is 20.8 Å². The summed E-state index contributed by atoms with van der Waals surface area (Å²) >= 11 is 0. The molecule has 6 rings (SSSR count). The Morgan fingerprint density at radius 2 is 0.573 bits per heavy atom. The lowest BCUT2D eigenvalue weighted by Crippen LogP contribution is -2.40. The highest BCUT2D eigenvalue weighted by Crippen LogP contribution is 2.27. The molecule has 0 spiro atoms. The topological polar surface area (TPSA) is 297 Å². The van der Waals surface area contributed by atoms with Gasteiger partial charge in [-0.15, -0.1) is 0 Å². The van der Waals surface area contributed by atoms with Crippen molar-refractivity contribution in [3.63, 3.8) is 0 Å². The fraction of sp³-hybridized carbons (Fsp3) is 0.301. The molecule has 3 unspecified atom stereocenters. The normalized spacial score (nSPS) is 12.2. The molecular weight excluding hydrogens is 1230 g/mol. The van der Waals surface area contributed by atoms with Gasteiger partial charge in [0.15, 0.2) is 0 Å². The average molecular weight is 1320 g/mol. The third-order valence-electron chi connectivity index (χ3n) is 14.2. The number of carbonyl (C=O) groups excluding carboxylic acids is 9. The van der Waals surface area contributed by atoms with Gasteiger partial charge in [-0.25, -0.2) is 38.4 Å². The van der Waals surface area contributed by atoms with Crippen LogP contribution in [0.15, 0.2) is 182 Å². The molecule has 5 N–H and O–H groups in total. The van der Waals surface area contributed by atoms with Crippen LogP contribution in [0.4, 0.5) is 52.4 Å². The smallest absolute Gasteiger partial charge is 0.412 e. The zero-order valence-corrected chi connectivity index (χ0v) is 54.8. The first-order chi connectivity index (χ1) is 45.8. The minimum atomic E-state index is -1.23. The Morgan fingerprint density at radius 1 is 0.344 bits per heavy atom. The van der Waals surface area contributed by atoms with E-state index in [4.69, 9.17) is 42.6 Å². The van der Waals surface area contributed by atoms with E-state index in [2.05, 4.69) is 46.3 Å². The monoisotopic (exact) mass is 1320 g/mol. The summed E-state index contributed by atoms with van der Waals surface area (Å²) in [6.07, 6.45) is -4.03. The molecule has 0 aliphatic heterocycles. The van der Waals surface area contributed by atoms with Crippen LogP contribution in [-0.4, -0.2) is 112 Å². The van der Waals surface area contributed by atoms with E-state index in [0.29, 0.717) is 47.7 Å². The van der Waals surface area contributed by atoms with Crippen molar-refractivity contribution in [1.82, 2.24) is 0 Å². The van der Waals surface area contributed by atoms with E-state index >= 15 is 0 Å². The van der Waals surface area contributed by atoms with Gasteiger partial charge in [0.2, 0.25) is 0 Å². The SMILES string of the molecule is C=C(C)C(=O)OCC(C)OC(=O)Cc1ccc(Cc2ccc(NC(=O)OCC(CC)(COC(=O)Nc3ccc(Cc4ccc(NC(=O)OC(C)COC(=O)C(=C)C)cc4)cc3)COC(=O)Nc3ccc(Cc4ccc(NC(=O)OC(C)COC(=O)C(=C)C)cc4)cc3)cc2)cc1. The average Bonchev–Trinajstić information content (AvgIpc) is 1.67. The summed E-state index contributed by atoms with van der Waals surface area (Å²) in [5.41, 5.74) is 8.11. The number of ether oxygens (including phenoxy) is 9. The van der Waals surface area contributed by atoms with Gasteiger partial charge in [0.25, 0.3) is 0 Å². The predicted molar refractivity (Wildman–Crippen MR) is 360 cm³/mol. The van der Waals surface area contributed by atoms with Crippen LogP contribution >= 0.6 is 0 Å². The molecule has 5 amide bonds. The van der Waals surface area contributed by atoms with Crippen LogP contribution in [0.2, 0.25) is 0 Å². The van der Waals surface area contributed by atoms with Crippen molar-refractivity contribution in [3.05, 3.63) is 221 Å². The van der Waals surface area contributed by atoms with E-state index in [-0.39, 0.29) is 69.2 Å². The number of benzene rings is 6. The molecule has 0 bridgehead atoms. The summed E-state index contributed by atoms with van der Waals surface area (Å²) in [4.78, 5) is 113. The number of esters is 4. The lowest BCUT2D eigenvalue weighted by Gasteiger charge is -2.31. The van der Waals surface area contributed by atoms with Gasteiger partial charge in [0.1, 0.15) is 58.0 Å². The minimum Gasteiger partial charge on any atom is -0.459 e. The molecule has 0 radical (unpaired) electrons. The predicted octanol–water partition coefficient (Wildman–Crippen LogP) is 13.6. The fourth-order valence-electron chi connectivity index (χ4n) is 8.70. The molecule has 0 aliphatic carbocycles. The van der Waals surface area contributed by atoms with Gasteiger partial charge in [0.05, 0.1) is 11.8 Å². The minimum absolute atomic E-state index is 0.0318. The second-order valence-electron chi connectivity index (χ2n) is 23.1. The van der Waals surface area contributed by atoms with E-state index in [1.807, 2.05) is 84.9 Å². The molecule has 506 valence electrons. The summed E-state index contributed by atoms with van der Waals surface area (Å²) in [7, 11) is 0. The summed E-state index contributed by atoms with van der Waals surface area (Å²) < 4.78 is 48.3. The highest BCUT2D eigenvalue weighted by Gasteiger charge is 2.35. The maximum Gasteiger partial charge on any atom is 0.412 e. The number of nitrogens with one attached hydrogen (secondary N) is 5. The fourth-order valence-corrected chi connectivity index (χ4v) is 8.70.